The van der Waals surface area contributed by atoms with E-state index in [1.165, 1.54) is 0 Å². The third-order valence-corrected chi connectivity index (χ3v) is 2.27. The molecule has 0 atom stereocenters. The molecule has 0 unspecified atom stereocenters. The molecule has 0 bridgehead atoms. The lowest BCUT2D eigenvalue weighted by Crippen LogP contribution is -2.24. The summed E-state index contributed by atoms with van der Waals surface area (Å²) in [5, 5.41) is 9.98. The molecule has 0 radical (unpaired) electrons. The average molecular weight is 223 g/mol. The van der Waals surface area contributed by atoms with Crippen LogP contribution in [0.1, 0.15) is 13.3 Å². The minimum Gasteiger partial charge on any atom is -0.383 e. The molecule has 0 heterocycles. The number of rotatable bonds is 4. The summed E-state index contributed by atoms with van der Waals surface area (Å²) in [6, 6.07) is 8.03. The van der Waals surface area contributed by atoms with Gasteiger partial charge < -0.3 is 16.0 Å². The molecule has 0 aromatic heterocycles. The fraction of sp³-hybridized carbons (Fsp3) is 0.364. The van der Waals surface area contributed by atoms with Crippen LogP contribution in [-0.4, -0.2) is 18.7 Å². The molecule has 4 heteroatoms. The van der Waals surface area contributed by atoms with Gasteiger partial charge in [0.25, 0.3) is 0 Å². The van der Waals surface area contributed by atoms with Crippen LogP contribution < -0.4 is 16.0 Å². The zero-order chi connectivity index (χ0) is 11.1. The molecule has 0 saturated carbocycles. The maximum Gasteiger partial charge on any atom is 0.170 e. The second kappa shape index (κ2) is 6.24. The van der Waals surface area contributed by atoms with Crippen molar-refractivity contribution in [2.45, 2.75) is 13.3 Å². The molecule has 1 aromatic rings. The van der Waals surface area contributed by atoms with Crippen molar-refractivity contribution in [3.05, 3.63) is 24.3 Å². The van der Waals surface area contributed by atoms with E-state index in [4.69, 9.17) is 12.2 Å². The Morgan fingerprint density at radius 2 is 1.93 bits per heavy atom. The first-order valence-corrected chi connectivity index (χ1v) is 5.50. The predicted molar refractivity (Wildman–Crippen MR) is 70.5 cm³/mol. The molecule has 0 fully saturated rings. The summed E-state index contributed by atoms with van der Waals surface area (Å²) in [5.41, 5.74) is 2.09. The summed E-state index contributed by atoms with van der Waals surface area (Å²) < 4.78 is 0. The molecule has 15 heavy (non-hydrogen) atoms. The monoisotopic (exact) mass is 223 g/mol. The Morgan fingerprint density at radius 3 is 2.53 bits per heavy atom. The van der Waals surface area contributed by atoms with Crippen LogP contribution >= 0.6 is 12.2 Å². The van der Waals surface area contributed by atoms with E-state index in [1.54, 1.807) is 7.05 Å². The number of para-hydroxylation sites is 2. The summed E-state index contributed by atoms with van der Waals surface area (Å²) in [6.07, 6.45) is 1.10. The van der Waals surface area contributed by atoms with Gasteiger partial charge in [-0.1, -0.05) is 19.1 Å². The summed E-state index contributed by atoms with van der Waals surface area (Å²) in [5.74, 6) is 0. The third-order valence-electron chi connectivity index (χ3n) is 1.97. The van der Waals surface area contributed by atoms with E-state index in [1.807, 2.05) is 24.3 Å². The molecule has 0 aliphatic heterocycles. The smallest absolute Gasteiger partial charge is 0.170 e. The van der Waals surface area contributed by atoms with Gasteiger partial charge in [-0.25, -0.2) is 0 Å². The Hall–Kier alpha value is -1.29. The van der Waals surface area contributed by atoms with Crippen LogP contribution in [0.2, 0.25) is 0 Å². The molecule has 1 aromatic carbocycles. The van der Waals surface area contributed by atoms with Crippen molar-refractivity contribution in [1.82, 2.24) is 5.32 Å². The van der Waals surface area contributed by atoms with Gasteiger partial charge in [-0.05, 0) is 30.8 Å². The second-order valence-corrected chi connectivity index (χ2v) is 3.58. The number of anilines is 2. The van der Waals surface area contributed by atoms with Gasteiger partial charge in [0.05, 0.1) is 11.4 Å². The van der Waals surface area contributed by atoms with Gasteiger partial charge in [0.1, 0.15) is 0 Å². The fourth-order valence-electron chi connectivity index (χ4n) is 1.19. The molecule has 0 saturated heterocycles. The molecular weight excluding hydrogens is 206 g/mol. The minimum atomic E-state index is 0.626. The Labute approximate surface area is 96.3 Å². The van der Waals surface area contributed by atoms with E-state index in [0.29, 0.717) is 5.11 Å². The number of benzene rings is 1. The van der Waals surface area contributed by atoms with Crippen LogP contribution in [0.4, 0.5) is 11.4 Å². The van der Waals surface area contributed by atoms with Gasteiger partial charge in [-0.3, -0.25) is 0 Å². The standard InChI is InChI=1S/C11H17N3S/c1-3-8-13-9-6-4-5-7-10(9)14-11(15)12-2/h4-7,13H,3,8H2,1-2H3,(H2,12,14,15). The van der Waals surface area contributed by atoms with E-state index in [9.17, 15) is 0 Å². The van der Waals surface area contributed by atoms with Crippen molar-refractivity contribution >= 4 is 28.7 Å². The van der Waals surface area contributed by atoms with E-state index >= 15 is 0 Å². The topological polar surface area (TPSA) is 36.1 Å². The Kier molecular flexibility index (Phi) is 4.90. The maximum atomic E-state index is 5.06. The second-order valence-electron chi connectivity index (χ2n) is 3.18. The van der Waals surface area contributed by atoms with Gasteiger partial charge in [0.2, 0.25) is 0 Å². The molecule has 0 amide bonds. The molecule has 0 spiro atoms. The highest BCUT2D eigenvalue weighted by Gasteiger charge is 2.01. The van der Waals surface area contributed by atoms with Crippen molar-refractivity contribution in [1.29, 1.82) is 0 Å². The van der Waals surface area contributed by atoms with Crippen molar-refractivity contribution in [2.24, 2.45) is 0 Å². The first-order valence-electron chi connectivity index (χ1n) is 5.09. The highest BCUT2D eigenvalue weighted by molar-refractivity contribution is 7.80. The third kappa shape index (κ3) is 3.75. The van der Waals surface area contributed by atoms with E-state index in [-0.39, 0.29) is 0 Å². The molecule has 1 rings (SSSR count). The van der Waals surface area contributed by atoms with Gasteiger partial charge in [-0.2, -0.15) is 0 Å². The first kappa shape index (κ1) is 11.8. The lowest BCUT2D eigenvalue weighted by Gasteiger charge is -2.13. The van der Waals surface area contributed by atoms with Crippen molar-refractivity contribution in [3.63, 3.8) is 0 Å². The predicted octanol–water partition coefficient (Wildman–Crippen LogP) is 2.42. The minimum absolute atomic E-state index is 0.626. The summed E-state index contributed by atoms with van der Waals surface area (Å²) in [4.78, 5) is 0. The largest absolute Gasteiger partial charge is 0.383 e. The molecule has 3 nitrogen and oxygen atoms in total. The van der Waals surface area contributed by atoms with Gasteiger partial charge >= 0.3 is 0 Å². The Morgan fingerprint density at radius 1 is 1.27 bits per heavy atom. The van der Waals surface area contributed by atoms with Crippen molar-refractivity contribution in [3.8, 4) is 0 Å². The van der Waals surface area contributed by atoms with Gasteiger partial charge in [0.15, 0.2) is 5.11 Å². The van der Waals surface area contributed by atoms with Crippen molar-refractivity contribution in [2.75, 3.05) is 24.2 Å². The van der Waals surface area contributed by atoms with Crippen molar-refractivity contribution < 1.29 is 0 Å². The van der Waals surface area contributed by atoms with E-state index in [0.717, 1.165) is 24.3 Å². The van der Waals surface area contributed by atoms with Crippen LogP contribution in [0.5, 0.6) is 0 Å². The SMILES string of the molecule is CCCNc1ccccc1NC(=S)NC. The fourth-order valence-corrected chi connectivity index (χ4v) is 1.30. The number of thiocarbonyl (C=S) groups is 1. The highest BCUT2D eigenvalue weighted by atomic mass is 32.1. The highest BCUT2D eigenvalue weighted by Crippen LogP contribution is 2.20. The van der Waals surface area contributed by atoms with Crippen LogP contribution in [0.25, 0.3) is 0 Å². The first-order chi connectivity index (χ1) is 7.27. The zero-order valence-electron chi connectivity index (χ0n) is 9.13. The molecule has 0 aliphatic carbocycles. The summed E-state index contributed by atoms with van der Waals surface area (Å²) in [6.45, 7) is 3.10. The van der Waals surface area contributed by atoms with E-state index in [2.05, 4.69) is 22.9 Å². The van der Waals surface area contributed by atoms with Crippen LogP contribution in [0.15, 0.2) is 24.3 Å². The van der Waals surface area contributed by atoms with Gasteiger partial charge in [-0.15, -0.1) is 0 Å². The maximum absolute atomic E-state index is 5.06. The normalized spacial score (nSPS) is 9.47. The summed E-state index contributed by atoms with van der Waals surface area (Å²) >= 11 is 5.06. The lowest BCUT2D eigenvalue weighted by molar-refractivity contribution is 0.980. The van der Waals surface area contributed by atoms with E-state index < -0.39 is 0 Å². The average Bonchev–Trinajstić information content (AvgIpc) is 2.28. The molecular formula is C11H17N3S. The van der Waals surface area contributed by atoms with Crippen LogP contribution in [0.3, 0.4) is 0 Å². The zero-order valence-corrected chi connectivity index (χ0v) is 9.95. The number of hydrogen-bond donors (Lipinski definition) is 3. The molecule has 3 N–H and O–H groups in total. The summed E-state index contributed by atoms with van der Waals surface area (Å²) in [7, 11) is 1.80. The van der Waals surface area contributed by atoms with Crippen LogP contribution in [-0.2, 0) is 0 Å². The number of nitrogens with one attached hydrogen (secondary N) is 3. The number of hydrogen-bond acceptors (Lipinski definition) is 2. The Bertz CT molecular complexity index is 325. The molecule has 82 valence electrons. The lowest BCUT2D eigenvalue weighted by atomic mass is 10.2. The molecule has 0 aliphatic rings. The Balaban J connectivity index is 2.72. The van der Waals surface area contributed by atoms with Gasteiger partial charge in [0, 0.05) is 13.6 Å². The quantitative estimate of drug-likeness (QED) is 0.685. The van der Waals surface area contributed by atoms with Crippen LogP contribution in [0, 0.1) is 0 Å².